The summed E-state index contributed by atoms with van der Waals surface area (Å²) in [5, 5.41) is 9.42. The molecule has 5 atom stereocenters. The van der Waals surface area contributed by atoms with E-state index in [1.807, 2.05) is 91.0 Å². The Bertz CT molecular complexity index is 1850. The molecule has 0 saturated carbocycles. The summed E-state index contributed by atoms with van der Waals surface area (Å²) in [4.78, 5) is 0. The van der Waals surface area contributed by atoms with E-state index in [1.54, 1.807) is 20.3 Å². The molecule has 10 nitrogen and oxygen atoms in total. The van der Waals surface area contributed by atoms with E-state index >= 15 is 0 Å². The number of benzene rings is 4. The van der Waals surface area contributed by atoms with Gasteiger partial charge in [-0.1, -0.05) is 85.5 Å². The highest BCUT2D eigenvalue weighted by atomic mass is 31.2. The van der Waals surface area contributed by atoms with E-state index in [0.717, 1.165) is 33.8 Å². The highest BCUT2D eigenvalue weighted by molar-refractivity contribution is 7.44. The molecule has 0 aromatic heterocycles. The summed E-state index contributed by atoms with van der Waals surface area (Å²) in [5.41, 5.74) is 1.35. The quantitative estimate of drug-likeness (QED) is 0.0374. The van der Waals surface area contributed by atoms with Crippen LogP contribution in [0.15, 0.2) is 116 Å². The van der Waals surface area contributed by atoms with Gasteiger partial charge in [-0.25, -0.2) is 4.67 Å². The molecule has 296 valence electrons. The number of hydrogen-bond acceptors (Lipinski definition) is 10. The Morgan fingerprint density at radius 1 is 0.875 bits per heavy atom. The van der Waals surface area contributed by atoms with Crippen molar-refractivity contribution in [2.45, 2.75) is 75.7 Å². The molecular formula is C45H53N2O8P. The third kappa shape index (κ3) is 8.51. The second-order valence-corrected chi connectivity index (χ2v) is 15.8. The van der Waals surface area contributed by atoms with Crippen molar-refractivity contribution in [1.29, 1.82) is 5.26 Å². The summed E-state index contributed by atoms with van der Waals surface area (Å²) < 4.78 is 54.6. The van der Waals surface area contributed by atoms with Crippen LogP contribution in [0.5, 0.6) is 17.2 Å². The van der Waals surface area contributed by atoms with Crippen molar-refractivity contribution in [3.8, 4) is 23.3 Å². The van der Waals surface area contributed by atoms with Gasteiger partial charge in [0.25, 0.3) is 8.53 Å². The minimum atomic E-state index is -1.66. The van der Waals surface area contributed by atoms with Crippen LogP contribution in [0.4, 0.5) is 0 Å². The van der Waals surface area contributed by atoms with Gasteiger partial charge in [0.15, 0.2) is 0 Å². The maximum absolute atomic E-state index is 9.42. The maximum Gasteiger partial charge on any atom is 0.259 e. The number of para-hydroxylation sites is 1. The topological polar surface area (TPSA) is 101 Å². The average molecular weight is 781 g/mol. The van der Waals surface area contributed by atoms with Gasteiger partial charge in [-0.3, -0.25) is 0 Å². The van der Waals surface area contributed by atoms with E-state index in [2.05, 4.69) is 57.1 Å². The fourth-order valence-electron chi connectivity index (χ4n) is 7.62. The summed E-state index contributed by atoms with van der Waals surface area (Å²) in [6, 6.07) is 36.3. The molecular weight excluding hydrogens is 727 g/mol. The molecule has 2 saturated heterocycles. The Kier molecular flexibility index (Phi) is 13.8. The summed E-state index contributed by atoms with van der Waals surface area (Å²) >= 11 is 0. The fourth-order valence-corrected chi connectivity index (χ4v) is 9.43. The molecule has 6 rings (SSSR count). The predicted octanol–water partition coefficient (Wildman–Crippen LogP) is 9.15. The van der Waals surface area contributed by atoms with Crippen LogP contribution in [0.2, 0.25) is 0 Å². The largest absolute Gasteiger partial charge is 0.497 e. The van der Waals surface area contributed by atoms with Gasteiger partial charge in [-0.05, 0) is 74.7 Å². The van der Waals surface area contributed by atoms with Gasteiger partial charge in [0.2, 0.25) is 0 Å². The third-order valence-electron chi connectivity index (χ3n) is 10.2. The summed E-state index contributed by atoms with van der Waals surface area (Å²) in [5.74, 6) is 2.14. The van der Waals surface area contributed by atoms with Crippen LogP contribution in [-0.2, 0) is 28.9 Å². The van der Waals surface area contributed by atoms with Gasteiger partial charge < -0.3 is 37.5 Å². The van der Waals surface area contributed by atoms with Crippen molar-refractivity contribution in [2.24, 2.45) is 0 Å². The van der Waals surface area contributed by atoms with Crippen LogP contribution in [0, 0.1) is 11.3 Å². The Hall–Kier alpha value is -4.30. The molecule has 11 heteroatoms. The summed E-state index contributed by atoms with van der Waals surface area (Å²) in [7, 11) is 1.65. The molecule has 0 amide bonds. The van der Waals surface area contributed by atoms with Crippen molar-refractivity contribution in [2.75, 3.05) is 40.6 Å². The Morgan fingerprint density at radius 2 is 1.46 bits per heavy atom. The summed E-state index contributed by atoms with van der Waals surface area (Å²) in [6.45, 7) is 13.2. The molecule has 0 aliphatic carbocycles. The first-order chi connectivity index (χ1) is 27.2. The van der Waals surface area contributed by atoms with Gasteiger partial charge in [0, 0.05) is 17.6 Å². The first kappa shape index (κ1) is 41.3. The van der Waals surface area contributed by atoms with Crippen LogP contribution in [0.3, 0.4) is 0 Å². The van der Waals surface area contributed by atoms with Crippen molar-refractivity contribution < 1.29 is 37.5 Å². The number of hydrogen-bond donors (Lipinski definition) is 0. The van der Waals surface area contributed by atoms with Crippen LogP contribution < -0.4 is 14.2 Å². The first-order valence-electron chi connectivity index (χ1n) is 19.1. The van der Waals surface area contributed by atoms with Gasteiger partial charge in [0.05, 0.1) is 46.5 Å². The standard InChI is InChI=1S/C45H53N2O8P/c1-8-28-50-40-18-13-12-17-39(40)41-42-43(55-56(53-29-14-27-46)47(32(2)3)33(4)5)44(54-41,30-51-42)31-52-45(34-15-10-9-11-16-34,35-19-23-37(48-6)24-20-35)36-21-25-38(49-7)26-22-36/h8-13,15-26,32-33,41-43H,1,14,28-31H2,2-7H3. The molecule has 2 aliphatic rings. The van der Waals surface area contributed by atoms with Crippen molar-refractivity contribution in [1.82, 2.24) is 4.67 Å². The minimum absolute atomic E-state index is 0.0814. The molecule has 4 aromatic rings. The lowest BCUT2D eigenvalue weighted by atomic mass is 9.79. The molecule has 2 heterocycles. The highest BCUT2D eigenvalue weighted by Gasteiger charge is 2.65. The van der Waals surface area contributed by atoms with Crippen LogP contribution in [-0.4, -0.2) is 75.2 Å². The number of fused-ring (bicyclic) bond motifs is 2. The summed E-state index contributed by atoms with van der Waals surface area (Å²) in [6.07, 6.45) is 0.269. The second kappa shape index (κ2) is 18.8. The van der Waals surface area contributed by atoms with Crippen LogP contribution in [0.25, 0.3) is 0 Å². The second-order valence-electron chi connectivity index (χ2n) is 14.4. The van der Waals surface area contributed by atoms with Crippen molar-refractivity contribution in [3.63, 3.8) is 0 Å². The molecule has 4 aromatic carbocycles. The minimum Gasteiger partial charge on any atom is -0.497 e. The maximum atomic E-state index is 9.42. The monoisotopic (exact) mass is 780 g/mol. The molecule has 5 unspecified atom stereocenters. The smallest absolute Gasteiger partial charge is 0.259 e. The van der Waals surface area contributed by atoms with Gasteiger partial charge >= 0.3 is 0 Å². The molecule has 2 aliphatic heterocycles. The Morgan fingerprint density at radius 3 is 2.04 bits per heavy atom. The molecule has 2 fully saturated rings. The van der Waals surface area contributed by atoms with E-state index in [-0.39, 0.29) is 38.3 Å². The number of rotatable bonds is 20. The zero-order valence-corrected chi connectivity index (χ0v) is 34.0. The number of nitriles is 1. The molecule has 0 radical (unpaired) electrons. The van der Waals surface area contributed by atoms with Gasteiger partial charge in [-0.15, -0.1) is 0 Å². The van der Waals surface area contributed by atoms with E-state index < -0.39 is 38.0 Å². The van der Waals surface area contributed by atoms with E-state index in [1.165, 1.54) is 0 Å². The highest BCUT2D eigenvalue weighted by Crippen LogP contribution is 2.57. The molecule has 0 N–H and O–H groups in total. The fraction of sp³-hybridized carbons (Fsp3) is 0.400. The zero-order valence-electron chi connectivity index (χ0n) is 33.1. The number of ether oxygens (including phenoxy) is 6. The predicted molar refractivity (Wildman–Crippen MR) is 217 cm³/mol. The van der Waals surface area contributed by atoms with E-state index in [0.29, 0.717) is 12.4 Å². The van der Waals surface area contributed by atoms with E-state index in [4.69, 9.17) is 37.5 Å². The van der Waals surface area contributed by atoms with Crippen LogP contribution in [0.1, 0.15) is 62.5 Å². The third-order valence-corrected chi connectivity index (χ3v) is 12.3. The number of methoxy groups -OCH3 is 2. The SMILES string of the molecule is C=CCOc1ccccc1C1OC2(COC(c3ccccc3)(c3ccc(OC)cc3)c3ccc(OC)cc3)COC1C2OP(OCCC#N)N(C(C)C)C(C)C. The van der Waals surface area contributed by atoms with Crippen LogP contribution >= 0.6 is 8.53 Å². The lowest BCUT2D eigenvalue weighted by molar-refractivity contribution is -0.184. The van der Waals surface area contributed by atoms with Crippen molar-refractivity contribution in [3.05, 3.63) is 138 Å². The van der Waals surface area contributed by atoms with Gasteiger partial charge in [-0.2, -0.15) is 5.26 Å². The van der Waals surface area contributed by atoms with E-state index in [9.17, 15) is 5.26 Å². The van der Waals surface area contributed by atoms with Crippen molar-refractivity contribution >= 4 is 8.53 Å². The lowest BCUT2D eigenvalue weighted by Crippen LogP contribution is -2.49. The van der Waals surface area contributed by atoms with Gasteiger partial charge in [0.1, 0.15) is 53.4 Å². The molecule has 2 bridgehead atoms. The lowest BCUT2D eigenvalue weighted by Gasteiger charge is -2.41. The molecule has 56 heavy (non-hydrogen) atoms. The normalized spacial score (nSPS) is 21.0. The first-order valence-corrected chi connectivity index (χ1v) is 20.2. The zero-order chi connectivity index (χ0) is 39.7. The number of nitrogens with zero attached hydrogens (tertiary/aromatic N) is 2. The average Bonchev–Trinajstić information content (AvgIpc) is 3.72. The Labute approximate surface area is 332 Å². The molecule has 0 spiro atoms. The Balaban J connectivity index is 1.48.